The van der Waals surface area contributed by atoms with Crippen LogP contribution in [0.25, 0.3) is 0 Å². The Bertz CT molecular complexity index is 542. The Morgan fingerprint density at radius 1 is 1.32 bits per heavy atom. The highest BCUT2D eigenvalue weighted by molar-refractivity contribution is 5.89. The quantitative estimate of drug-likeness (QED) is 0.821. The zero-order valence-corrected chi connectivity index (χ0v) is 12.6. The number of carbonyl (C=O) groups is 2. The molecule has 1 heterocycles. The van der Waals surface area contributed by atoms with Crippen LogP contribution in [0.3, 0.4) is 0 Å². The van der Waals surface area contributed by atoms with E-state index in [1.807, 2.05) is 30.3 Å². The van der Waals surface area contributed by atoms with Gasteiger partial charge in [-0.1, -0.05) is 30.3 Å². The van der Waals surface area contributed by atoms with Crippen molar-refractivity contribution in [3.8, 4) is 0 Å². The number of carbonyl (C=O) groups excluding carboxylic acids is 2. The maximum atomic E-state index is 12.9. The van der Waals surface area contributed by atoms with E-state index in [1.165, 1.54) is 0 Å². The van der Waals surface area contributed by atoms with E-state index in [0.29, 0.717) is 19.0 Å². The molecule has 2 N–H and O–H groups in total. The molecular formula is C17H22N2O3. The second-order valence-corrected chi connectivity index (χ2v) is 6.24. The third-order valence-electron chi connectivity index (χ3n) is 4.56. The number of aliphatic hydroxyl groups excluding tert-OH is 1. The van der Waals surface area contributed by atoms with Gasteiger partial charge in [0.2, 0.25) is 11.8 Å². The summed E-state index contributed by atoms with van der Waals surface area (Å²) in [6.07, 6.45) is 2.38. The van der Waals surface area contributed by atoms with Gasteiger partial charge in [0.05, 0.1) is 18.6 Å². The van der Waals surface area contributed by atoms with E-state index in [1.54, 1.807) is 4.90 Å². The molecule has 0 aromatic heterocycles. The normalized spacial score (nSPS) is 22.2. The smallest absolute Gasteiger partial charge is 0.228 e. The highest BCUT2D eigenvalue weighted by Gasteiger charge is 2.40. The maximum Gasteiger partial charge on any atom is 0.228 e. The first-order valence-corrected chi connectivity index (χ1v) is 7.91. The van der Waals surface area contributed by atoms with E-state index in [0.717, 1.165) is 18.4 Å². The summed E-state index contributed by atoms with van der Waals surface area (Å²) in [5, 5.41) is 12.5. The molecular weight excluding hydrogens is 280 g/mol. The number of hydrogen-bond acceptors (Lipinski definition) is 3. The van der Waals surface area contributed by atoms with Crippen LogP contribution in [0.15, 0.2) is 30.3 Å². The third kappa shape index (κ3) is 3.30. The molecule has 118 valence electrons. The van der Waals surface area contributed by atoms with Crippen LogP contribution < -0.4 is 5.32 Å². The van der Waals surface area contributed by atoms with Gasteiger partial charge in [0.1, 0.15) is 0 Å². The molecule has 1 saturated carbocycles. The second kappa shape index (κ2) is 6.48. The number of nitrogens with zero attached hydrogens (tertiary/aromatic N) is 1. The third-order valence-corrected chi connectivity index (χ3v) is 4.56. The van der Waals surface area contributed by atoms with E-state index in [2.05, 4.69) is 5.32 Å². The average molecular weight is 302 g/mol. The first-order chi connectivity index (χ1) is 10.7. The summed E-state index contributed by atoms with van der Waals surface area (Å²) >= 11 is 0. The van der Waals surface area contributed by atoms with Crippen molar-refractivity contribution in [3.05, 3.63) is 35.9 Å². The van der Waals surface area contributed by atoms with Crippen molar-refractivity contribution in [2.24, 2.45) is 11.8 Å². The van der Waals surface area contributed by atoms with E-state index < -0.39 is 0 Å². The SMILES string of the molecule is O=C1CC(C(=O)N(Cc2ccccc2)C(CO)C2CC2)CN1. The molecule has 3 rings (SSSR count). The van der Waals surface area contributed by atoms with Crippen molar-refractivity contribution < 1.29 is 14.7 Å². The lowest BCUT2D eigenvalue weighted by Gasteiger charge is -2.32. The summed E-state index contributed by atoms with van der Waals surface area (Å²) in [6.45, 7) is 0.884. The molecule has 1 saturated heterocycles. The van der Waals surface area contributed by atoms with Crippen LogP contribution in [-0.4, -0.2) is 41.0 Å². The van der Waals surface area contributed by atoms with Gasteiger partial charge in [-0.05, 0) is 24.3 Å². The average Bonchev–Trinajstić information content (AvgIpc) is 3.28. The Hall–Kier alpha value is -1.88. The van der Waals surface area contributed by atoms with Gasteiger partial charge in [-0.25, -0.2) is 0 Å². The second-order valence-electron chi connectivity index (χ2n) is 6.24. The van der Waals surface area contributed by atoms with Crippen LogP contribution in [0.2, 0.25) is 0 Å². The van der Waals surface area contributed by atoms with Crippen molar-refractivity contribution in [1.82, 2.24) is 10.2 Å². The fourth-order valence-electron chi connectivity index (χ4n) is 3.14. The maximum absolute atomic E-state index is 12.9. The van der Waals surface area contributed by atoms with Crippen molar-refractivity contribution in [1.29, 1.82) is 0 Å². The van der Waals surface area contributed by atoms with Crippen molar-refractivity contribution in [2.75, 3.05) is 13.2 Å². The van der Waals surface area contributed by atoms with Gasteiger partial charge in [-0.15, -0.1) is 0 Å². The summed E-state index contributed by atoms with van der Waals surface area (Å²) in [4.78, 5) is 26.0. The number of amides is 2. The minimum atomic E-state index is -0.302. The molecule has 2 unspecified atom stereocenters. The van der Waals surface area contributed by atoms with Gasteiger partial charge in [-0.2, -0.15) is 0 Å². The van der Waals surface area contributed by atoms with Crippen LogP contribution in [0, 0.1) is 11.8 Å². The summed E-state index contributed by atoms with van der Waals surface area (Å²) < 4.78 is 0. The molecule has 1 aromatic rings. The zero-order valence-electron chi connectivity index (χ0n) is 12.6. The van der Waals surface area contributed by atoms with E-state index in [4.69, 9.17) is 0 Å². The number of aliphatic hydroxyl groups is 1. The molecule has 0 spiro atoms. The highest BCUT2D eigenvalue weighted by Crippen LogP contribution is 2.36. The molecule has 2 fully saturated rings. The van der Waals surface area contributed by atoms with E-state index >= 15 is 0 Å². The lowest BCUT2D eigenvalue weighted by atomic mass is 10.0. The van der Waals surface area contributed by atoms with E-state index in [-0.39, 0.29) is 36.8 Å². The molecule has 1 aromatic carbocycles. The molecule has 22 heavy (non-hydrogen) atoms. The minimum Gasteiger partial charge on any atom is -0.394 e. The summed E-state index contributed by atoms with van der Waals surface area (Å²) in [5.41, 5.74) is 1.05. The van der Waals surface area contributed by atoms with Gasteiger partial charge in [-0.3, -0.25) is 9.59 Å². The summed E-state index contributed by atoms with van der Waals surface area (Å²) in [6, 6.07) is 9.68. The van der Waals surface area contributed by atoms with Crippen molar-refractivity contribution >= 4 is 11.8 Å². The fourth-order valence-corrected chi connectivity index (χ4v) is 3.14. The van der Waals surface area contributed by atoms with Crippen molar-refractivity contribution in [3.63, 3.8) is 0 Å². The largest absolute Gasteiger partial charge is 0.394 e. The topological polar surface area (TPSA) is 69.6 Å². The van der Waals surface area contributed by atoms with Gasteiger partial charge in [0.25, 0.3) is 0 Å². The van der Waals surface area contributed by atoms with Gasteiger partial charge < -0.3 is 15.3 Å². The molecule has 2 atom stereocenters. The number of hydrogen-bond donors (Lipinski definition) is 2. The Morgan fingerprint density at radius 2 is 2.05 bits per heavy atom. The van der Waals surface area contributed by atoms with Crippen LogP contribution in [0.1, 0.15) is 24.8 Å². The number of benzene rings is 1. The van der Waals surface area contributed by atoms with E-state index in [9.17, 15) is 14.7 Å². The number of rotatable bonds is 6. The Morgan fingerprint density at radius 3 is 2.59 bits per heavy atom. The molecule has 0 radical (unpaired) electrons. The zero-order chi connectivity index (χ0) is 15.5. The molecule has 1 aliphatic heterocycles. The molecule has 2 amide bonds. The minimum absolute atomic E-state index is 0.0165. The number of nitrogens with one attached hydrogen (secondary N) is 1. The van der Waals surface area contributed by atoms with Crippen molar-refractivity contribution in [2.45, 2.75) is 31.8 Å². The predicted octanol–water partition coefficient (Wildman–Crippen LogP) is 0.922. The molecule has 2 aliphatic rings. The lowest BCUT2D eigenvalue weighted by molar-refractivity contribution is -0.140. The van der Waals surface area contributed by atoms with Crippen LogP contribution in [0.4, 0.5) is 0 Å². The standard InChI is InChI=1S/C17H22N2O3/c20-11-15(13-6-7-13)19(10-12-4-2-1-3-5-12)17(22)14-8-16(21)18-9-14/h1-5,13-15,20H,6-11H2,(H,18,21). The molecule has 1 aliphatic carbocycles. The van der Waals surface area contributed by atoms with Crippen LogP contribution >= 0.6 is 0 Å². The predicted molar refractivity (Wildman–Crippen MR) is 81.7 cm³/mol. The summed E-state index contributed by atoms with van der Waals surface area (Å²) in [7, 11) is 0. The van der Waals surface area contributed by atoms with Gasteiger partial charge in [0, 0.05) is 19.5 Å². The first-order valence-electron chi connectivity index (χ1n) is 7.91. The van der Waals surface area contributed by atoms with Crippen LogP contribution in [-0.2, 0) is 16.1 Å². The Kier molecular flexibility index (Phi) is 4.43. The Labute approximate surface area is 130 Å². The fraction of sp³-hybridized carbons (Fsp3) is 0.529. The Balaban J connectivity index is 1.78. The first kappa shape index (κ1) is 15.0. The molecule has 5 nitrogen and oxygen atoms in total. The molecule has 5 heteroatoms. The monoisotopic (exact) mass is 302 g/mol. The summed E-state index contributed by atoms with van der Waals surface area (Å²) in [5.74, 6) is 0.00451. The van der Waals surface area contributed by atoms with Gasteiger partial charge in [0.15, 0.2) is 0 Å². The van der Waals surface area contributed by atoms with Gasteiger partial charge >= 0.3 is 0 Å². The van der Waals surface area contributed by atoms with Crippen LogP contribution in [0.5, 0.6) is 0 Å². The molecule has 0 bridgehead atoms. The highest BCUT2D eigenvalue weighted by atomic mass is 16.3. The lowest BCUT2D eigenvalue weighted by Crippen LogP contribution is -2.46.